The molecule has 1 aliphatic heterocycles. The predicted molar refractivity (Wildman–Crippen MR) is 121 cm³/mol. The standard InChI is InChI=1S/C24H21N3O3S/c1-2-16-8-7-12-21-22(16)26-24(31-21)27(14-17-9-5-6-13-25-17)23(28)20-15-29-18-10-3-4-11-19(18)30-20/h3-13,20H,2,14-15H2,1H3/t20-/m1/s1. The van der Waals surface area contributed by atoms with Crippen molar-refractivity contribution in [2.75, 3.05) is 11.5 Å². The Labute approximate surface area is 184 Å². The number of aromatic nitrogens is 2. The minimum absolute atomic E-state index is 0.152. The molecule has 6 nitrogen and oxygen atoms in total. The summed E-state index contributed by atoms with van der Waals surface area (Å²) in [4.78, 5) is 24.5. The van der Waals surface area contributed by atoms with Crippen molar-refractivity contribution >= 4 is 32.6 Å². The van der Waals surface area contributed by atoms with Crippen molar-refractivity contribution < 1.29 is 14.3 Å². The van der Waals surface area contributed by atoms with Crippen molar-refractivity contribution in [1.82, 2.24) is 9.97 Å². The Balaban J connectivity index is 1.51. The summed E-state index contributed by atoms with van der Waals surface area (Å²) in [5, 5.41) is 0.633. The maximum Gasteiger partial charge on any atom is 0.273 e. The van der Waals surface area contributed by atoms with Gasteiger partial charge in [-0.05, 0) is 42.3 Å². The predicted octanol–water partition coefficient (Wildman–Crippen LogP) is 4.63. The number of rotatable bonds is 5. The topological polar surface area (TPSA) is 64.6 Å². The second-order valence-corrected chi connectivity index (χ2v) is 8.23. The SMILES string of the molecule is CCc1cccc2sc(N(Cc3ccccn3)C(=O)[C@H]3COc4ccccc4O3)nc12. The molecule has 0 N–H and O–H groups in total. The molecule has 0 bridgehead atoms. The summed E-state index contributed by atoms with van der Waals surface area (Å²) in [5.41, 5.74) is 2.88. The first-order valence-electron chi connectivity index (χ1n) is 10.2. The van der Waals surface area contributed by atoms with Crippen molar-refractivity contribution in [3.8, 4) is 11.5 Å². The minimum atomic E-state index is -0.753. The molecule has 31 heavy (non-hydrogen) atoms. The van der Waals surface area contributed by atoms with E-state index in [1.54, 1.807) is 11.1 Å². The van der Waals surface area contributed by atoms with Gasteiger partial charge in [0.05, 0.1) is 22.5 Å². The lowest BCUT2D eigenvalue weighted by atomic mass is 10.1. The Morgan fingerprint density at radius 1 is 1.10 bits per heavy atom. The molecule has 0 saturated carbocycles. The molecule has 0 unspecified atom stereocenters. The zero-order valence-corrected chi connectivity index (χ0v) is 17.8. The number of thiazole rings is 1. The van der Waals surface area contributed by atoms with Crippen LogP contribution in [0.3, 0.4) is 0 Å². The zero-order chi connectivity index (χ0) is 21.2. The van der Waals surface area contributed by atoms with Crippen LogP contribution in [0.1, 0.15) is 18.2 Å². The van der Waals surface area contributed by atoms with Gasteiger partial charge in [0.2, 0.25) is 6.10 Å². The van der Waals surface area contributed by atoms with E-state index < -0.39 is 6.10 Å². The van der Waals surface area contributed by atoms with Crippen molar-refractivity contribution in [3.05, 3.63) is 78.1 Å². The number of anilines is 1. The summed E-state index contributed by atoms with van der Waals surface area (Å²) < 4.78 is 12.8. The van der Waals surface area contributed by atoms with Crippen LogP contribution >= 0.6 is 11.3 Å². The van der Waals surface area contributed by atoms with Gasteiger partial charge in [0, 0.05) is 6.20 Å². The lowest BCUT2D eigenvalue weighted by Gasteiger charge is -2.29. The number of aryl methyl sites for hydroxylation is 1. The summed E-state index contributed by atoms with van der Waals surface area (Å²) in [7, 11) is 0. The lowest BCUT2D eigenvalue weighted by molar-refractivity contribution is -0.127. The molecular formula is C24H21N3O3S. The highest BCUT2D eigenvalue weighted by Crippen LogP contribution is 2.35. The normalized spacial score (nSPS) is 15.1. The van der Waals surface area contributed by atoms with Crippen LogP contribution in [0.2, 0.25) is 0 Å². The third-order valence-electron chi connectivity index (χ3n) is 5.20. The Morgan fingerprint density at radius 2 is 1.94 bits per heavy atom. The van der Waals surface area contributed by atoms with Crippen molar-refractivity contribution in [2.24, 2.45) is 0 Å². The number of amides is 1. The van der Waals surface area contributed by atoms with E-state index in [1.165, 1.54) is 11.3 Å². The molecule has 5 rings (SSSR count). The van der Waals surface area contributed by atoms with E-state index in [1.807, 2.05) is 54.6 Å². The maximum atomic E-state index is 13.6. The summed E-state index contributed by atoms with van der Waals surface area (Å²) in [5.74, 6) is 1.02. The molecule has 2 aromatic carbocycles. The first-order chi connectivity index (χ1) is 15.2. The van der Waals surface area contributed by atoms with E-state index in [4.69, 9.17) is 14.5 Å². The van der Waals surface area contributed by atoms with Crippen LogP contribution in [0.25, 0.3) is 10.2 Å². The molecule has 1 aliphatic rings. The summed E-state index contributed by atoms with van der Waals surface area (Å²) in [6.45, 7) is 2.57. The smallest absolute Gasteiger partial charge is 0.273 e. The molecule has 0 fully saturated rings. The summed E-state index contributed by atoms with van der Waals surface area (Å²) >= 11 is 1.50. The third kappa shape index (κ3) is 3.84. The van der Waals surface area contributed by atoms with E-state index in [-0.39, 0.29) is 12.5 Å². The van der Waals surface area contributed by atoms with Gasteiger partial charge in [-0.3, -0.25) is 14.7 Å². The molecular weight excluding hydrogens is 410 g/mol. The Kier molecular flexibility index (Phi) is 5.26. The van der Waals surface area contributed by atoms with Crippen molar-refractivity contribution in [2.45, 2.75) is 26.0 Å². The van der Waals surface area contributed by atoms with Crippen LogP contribution in [0.5, 0.6) is 11.5 Å². The average Bonchev–Trinajstić information content (AvgIpc) is 3.26. The van der Waals surface area contributed by atoms with Crippen LogP contribution in [-0.2, 0) is 17.8 Å². The van der Waals surface area contributed by atoms with Gasteiger partial charge in [-0.25, -0.2) is 4.98 Å². The van der Waals surface area contributed by atoms with Gasteiger partial charge in [-0.15, -0.1) is 0 Å². The Hall–Kier alpha value is -3.45. The van der Waals surface area contributed by atoms with Gasteiger partial charge in [-0.2, -0.15) is 0 Å². The van der Waals surface area contributed by atoms with Gasteiger partial charge in [0.1, 0.15) is 6.61 Å². The number of hydrogen-bond acceptors (Lipinski definition) is 6. The fourth-order valence-corrected chi connectivity index (χ4v) is 4.62. The number of pyridine rings is 1. The fraction of sp³-hybridized carbons (Fsp3) is 0.208. The largest absolute Gasteiger partial charge is 0.485 e. The number of para-hydroxylation sites is 3. The number of carbonyl (C=O) groups is 1. The molecule has 4 aromatic rings. The Morgan fingerprint density at radius 3 is 2.74 bits per heavy atom. The molecule has 0 aliphatic carbocycles. The van der Waals surface area contributed by atoms with E-state index in [2.05, 4.69) is 18.0 Å². The molecule has 1 atom stereocenters. The van der Waals surface area contributed by atoms with Crippen molar-refractivity contribution in [1.29, 1.82) is 0 Å². The molecule has 2 aromatic heterocycles. The summed E-state index contributed by atoms with van der Waals surface area (Å²) in [6, 6.07) is 19.2. The van der Waals surface area contributed by atoms with Gasteiger partial charge in [0.15, 0.2) is 16.6 Å². The molecule has 0 spiro atoms. The molecule has 7 heteroatoms. The van der Waals surface area contributed by atoms with Crippen molar-refractivity contribution in [3.63, 3.8) is 0 Å². The molecule has 0 radical (unpaired) electrons. The van der Waals surface area contributed by atoms with Crippen LogP contribution in [0, 0.1) is 0 Å². The highest BCUT2D eigenvalue weighted by molar-refractivity contribution is 7.22. The van der Waals surface area contributed by atoms with E-state index in [0.29, 0.717) is 23.2 Å². The number of nitrogens with zero attached hydrogens (tertiary/aromatic N) is 3. The molecule has 156 valence electrons. The number of benzene rings is 2. The monoisotopic (exact) mass is 431 g/mol. The highest BCUT2D eigenvalue weighted by atomic mass is 32.1. The number of carbonyl (C=O) groups excluding carboxylic acids is 1. The molecule has 1 amide bonds. The maximum absolute atomic E-state index is 13.6. The number of ether oxygens (including phenoxy) is 2. The van der Waals surface area contributed by atoms with E-state index >= 15 is 0 Å². The van der Waals surface area contributed by atoms with Crippen LogP contribution < -0.4 is 14.4 Å². The lowest BCUT2D eigenvalue weighted by Crippen LogP contribution is -2.46. The van der Waals surface area contributed by atoms with E-state index in [9.17, 15) is 4.79 Å². The number of fused-ring (bicyclic) bond motifs is 2. The van der Waals surface area contributed by atoms with Gasteiger partial charge < -0.3 is 9.47 Å². The minimum Gasteiger partial charge on any atom is -0.485 e. The van der Waals surface area contributed by atoms with Crippen LogP contribution in [0.4, 0.5) is 5.13 Å². The van der Waals surface area contributed by atoms with E-state index in [0.717, 1.165) is 27.9 Å². The average molecular weight is 432 g/mol. The first-order valence-corrected chi connectivity index (χ1v) is 11.0. The third-order valence-corrected chi connectivity index (χ3v) is 6.24. The van der Waals surface area contributed by atoms with Crippen LogP contribution in [-0.4, -0.2) is 28.6 Å². The van der Waals surface area contributed by atoms with Gasteiger partial charge in [0.25, 0.3) is 5.91 Å². The molecule has 0 saturated heterocycles. The zero-order valence-electron chi connectivity index (χ0n) is 17.0. The van der Waals surface area contributed by atoms with Gasteiger partial charge >= 0.3 is 0 Å². The second-order valence-electron chi connectivity index (χ2n) is 7.22. The highest BCUT2D eigenvalue weighted by Gasteiger charge is 2.33. The van der Waals surface area contributed by atoms with Gasteiger partial charge in [-0.1, -0.05) is 48.6 Å². The second kappa shape index (κ2) is 8.35. The number of hydrogen-bond donors (Lipinski definition) is 0. The summed E-state index contributed by atoms with van der Waals surface area (Å²) in [6.07, 6.45) is 1.85. The molecule has 3 heterocycles. The first kappa shape index (κ1) is 19.5. The fourth-order valence-electron chi connectivity index (χ4n) is 3.60. The quantitative estimate of drug-likeness (QED) is 0.461. The Bertz CT molecular complexity index is 1230. The van der Waals surface area contributed by atoms with Crippen LogP contribution in [0.15, 0.2) is 66.9 Å².